The first-order valence-electron chi connectivity index (χ1n) is 8.81. The van der Waals surface area contributed by atoms with Crippen molar-refractivity contribution in [1.82, 2.24) is 5.32 Å². The largest absolute Gasteiger partial charge is 0.494 e. The van der Waals surface area contributed by atoms with Crippen LogP contribution in [-0.4, -0.2) is 25.1 Å². The van der Waals surface area contributed by atoms with Crippen LogP contribution in [0.1, 0.15) is 29.5 Å². The Hall–Kier alpha value is -2.89. The van der Waals surface area contributed by atoms with Gasteiger partial charge in [0.1, 0.15) is 11.6 Å². The number of ether oxygens (including phenoxy) is 2. The molecule has 0 aliphatic carbocycles. The van der Waals surface area contributed by atoms with Crippen LogP contribution in [0.25, 0.3) is 0 Å². The fourth-order valence-corrected chi connectivity index (χ4v) is 2.33. The van der Waals surface area contributed by atoms with Gasteiger partial charge < -0.3 is 14.8 Å². The van der Waals surface area contributed by atoms with E-state index in [9.17, 15) is 14.0 Å². The van der Waals surface area contributed by atoms with Crippen molar-refractivity contribution in [3.63, 3.8) is 0 Å². The predicted octanol–water partition coefficient (Wildman–Crippen LogP) is 3.46. The maximum absolute atomic E-state index is 13.4. The normalized spacial score (nSPS) is 10.3. The third kappa shape index (κ3) is 7.48. The molecule has 2 rings (SSSR count). The molecule has 0 radical (unpaired) electrons. The number of carbonyl (C=O) groups is 2. The van der Waals surface area contributed by atoms with E-state index in [0.29, 0.717) is 24.2 Å². The zero-order valence-electron chi connectivity index (χ0n) is 15.6. The van der Waals surface area contributed by atoms with Crippen LogP contribution < -0.4 is 10.1 Å². The highest BCUT2D eigenvalue weighted by molar-refractivity contribution is 5.80. The van der Waals surface area contributed by atoms with E-state index in [-0.39, 0.29) is 25.4 Å². The number of rotatable bonds is 9. The Morgan fingerprint density at radius 3 is 2.67 bits per heavy atom. The molecule has 144 valence electrons. The molecule has 0 fully saturated rings. The first-order valence-corrected chi connectivity index (χ1v) is 8.81. The van der Waals surface area contributed by atoms with Crippen LogP contribution in [0.5, 0.6) is 5.75 Å². The minimum absolute atomic E-state index is 0.169. The average molecular weight is 373 g/mol. The van der Waals surface area contributed by atoms with E-state index >= 15 is 0 Å². The van der Waals surface area contributed by atoms with Crippen LogP contribution in [0.15, 0.2) is 42.5 Å². The monoisotopic (exact) mass is 373 g/mol. The molecule has 0 aliphatic rings. The van der Waals surface area contributed by atoms with Crippen molar-refractivity contribution in [3.8, 4) is 5.75 Å². The average Bonchev–Trinajstić information content (AvgIpc) is 2.64. The number of amides is 1. The Kier molecular flexibility index (Phi) is 7.79. The number of esters is 1. The highest BCUT2D eigenvalue weighted by atomic mass is 19.1. The molecular weight excluding hydrogens is 349 g/mol. The summed E-state index contributed by atoms with van der Waals surface area (Å²) in [6.45, 7) is 3.86. The van der Waals surface area contributed by atoms with Gasteiger partial charge in [0.2, 0.25) is 0 Å². The first kappa shape index (κ1) is 20.4. The van der Waals surface area contributed by atoms with Gasteiger partial charge in [0.05, 0.1) is 6.61 Å². The number of halogens is 1. The van der Waals surface area contributed by atoms with Crippen molar-refractivity contribution in [2.75, 3.05) is 13.2 Å². The van der Waals surface area contributed by atoms with E-state index in [1.807, 2.05) is 31.2 Å². The summed E-state index contributed by atoms with van der Waals surface area (Å²) < 4.78 is 23.9. The molecule has 5 nitrogen and oxygen atoms in total. The second-order valence-electron chi connectivity index (χ2n) is 6.29. The topological polar surface area (TPSA) is 64.6 Å². The van der Waals surface area contributed by atoms with Crippen molar-refractivity contribution in [2.45, 2.75) is 33.2 Å². The Balaban J connectivity index is 1.59. The molecule has 0 bridgehead atoms. The van der Waals surface area contributed by atoms with Gasteiger partial charge in [-0.2, -0.15) is 0 Å². The molecule has 0 heterocycles. The third-order valence-corrected chi connectivity index (χ3v) is 3.87. The van der Waals surface area contributed by atoms with Crippen LogP contribution in [0.3, 0.4) is 0 Å². The maximum atomic E-state index is 13.4. The van der Waals surface area contributed by atoms with Crippen molar-refractivity contribution < 1.29 is 23.5 Å². The van der Waals surface area contributed by atoms with Gasteiger partial charge in [0.15, 0.2) is 6.61 Å². The number of aryl methyl sites for hydroxylation is 2. The number of benzene rings is 2. The van der Waals surface area contributed by atoms with Crippen molar-refractivity contribution in [1.29, 1.82) is 0 Å². The van der Waals surface area contributed by atoms with Crippen molar-refractivity contribution in [3.05, 3.63) is 65.0 Å². The quantitative estimate of drug-likeness (QED) is 0.540. The molecule has 6 heteroatoms. The summed E-state index contributed by atoms with van der Waals surface area (Å²) in [5.74, 6) is -0.448. The summed E-state index contributed by atoms with van der Waals surface area (Å²) in [6, 6.07) is 12.4. The van der Waals surface area contributed by atoms with Gasteiger partial charge in [0.25, 0.3) is 5.91 Å². The molecule has 0 saturated heterocycles. The second kappa shape index (κ2) is 10.3. The van der Waals surface area contributed by atoms with Crippen molar-refractivity contribution in [2.24, 2.45) is 0 Å². The molecule has 1 amide bonds. The number of nitrogens with one attached hydrogen (secondary N) is 1. The van der Waals surface area contributed by atoms with Gasteiger partial charge >= 0.3 is 5.97 Å². The molecule has 0 aromatic heterocycles. The highest BCUT2D eigenvalue weighted by Crippen LogP contribution is 2.13. The van der Waals surface area contributed by atoms with Crippen LogP contribution in [-0.2, 0) is 20.9 Å². The molecule has 1 N–H and O–H groups in total. The summed E-state index contributed by atoms with van der Waals surface area (Å²) in [5, 5.41) is 2.59. The van der Waals surface area contributed by atoms with E-state index in [4.69, 9.17) is 9.47 Å². The standard InChI is InChI=1S/C21H24FNO4/c1-15-5-3-6-18(11-15)26-10-4-7-21(25)27-14-20(24)23-13-17-9-8-16(2)19(22)12-17/h3,5-6,8-9,11-12H,4,7,10,13-14H2,1-2H3,(H,23,24). The lowest BCUT2D eigenvalue weighted by molar-refractivity contribution is -0.148. The Morgan fingerprint density at radius 1 is 1.11 bits per heavy atom. The van der Waals surface area contributed by atoms with Crippen LogP contribution >= 0.6 is 0 Å². The third-order valence-electron chi connectivity index (χ3n) is 3.87. The fraction of sp³-hybridized carbons (Fsp3) is 0.333. The van der Waals surface area contributed by atoms with Gasteiger partial charge in [-0.1, -0.05) is 24.3 Å². The highest BCUT2D eigenvalue weighted by Gasteiger charge is 2.08. The molecule has 0 unspecified atom stereocenters. The molecule has 0 saturated carbocycles. The number of carbonyl (C=O) groups excluding carboxylic acids is 2. The first-order chi connectivity index (χ1) is 12.9. The molecule has 0 spiro atoms. The van der Waals surface area contributed by atoms with Gasteiger partial charge in [0, 0.05) is 13.0 Å². The second-order valence-corrected chi connectivity index (χ2v) is 6.29. The lowest BCUT2D eigenvalue weighted by Crippen LogP contribution is -2.28. The van der Waals surface area contributed by atoms with E-state index in [0.717, 1.165) is 11.3 Å². The predicted molar refractivity (Wildman–Crippen MR) is 99.9 cm³/mol. The van der Waals surface area contributed by atoms with Gasteiger partial charge in [-0.3, -0.25) is 9.59 Å². The minimum atomic E-state index is -0.459. The lowest BCUT2D eigenvalue weighted by atomic mass is 10.1. The Bertz CT molecular complexity index is 792. The molecule has 2 aromatic rings. The fourth-order valence-electron chi connectivity index (χ4n) is 2.33. The molecule has 2 aromatic carbocycles. The zero-order chi connectivity index (χ0) is 19.6. The van der Waals surface area contributed by atoms with Gasteiger partial charge in [-0.15, -0.1) is 0 Å². The molecule has 0 atom stereocenters. The van der Waals surface area contributed by atoms with E-state index in [2.05, 4.69) is 5.32 Å². The molecular formula is C21H24FNO4. The SMILES string of the molecule is Cc1cccc(OCCCC(=O)OCC(=O)NCc2ccc(C)c(F)c2)c1. The number of hydrogen-bond donors (Lipinski definition) is 1. The Morgan fingerprint density at radius 2 is 1.93 bits per heavy atom. The van der Waals surface area contributed by atoms with E-state index < -0.39 is 11.9 Å². The van der Waals surface area contributed by atoms with Gasteiger partial charge in [-0.05, 0) is 55.2 Å². The minimum Gasteiger partial charge on any atom is -0.494 e. The van der Waals surface area contributed by atoms with Crippen LogP contribution in [0, 0.1) is 19.7 Å². The zero-order valence-corrected chi connectivity index (χ0v) is 15.6. The molecule has 0 aliphatic heterocycles. The Labute approximate surface area is 158 Å². The van der Waals surface area contributed by atoms with Gasteiger partial charge in [-0.25, -0.2) is 4.39 Å². The summed E-state index contributed by atoms with van der Waals surface area (Å²) in [6.07, 6.45) is 0.666. The lowest BCUT2D eigenvalue weighted by Gasteiger charge is -2.08. The maximum Gasteiger partial charge on any atom is 0.306 e. The number of hydrogen-bond acceptors (Lipinski definition) is 4. The summed E-state index contributed by atoms with van der Waals surface area (Å²) in [5.41, 5.74) is 2.29. The van der Waals surface area contributed by atoms with E-state index in [1.54, 1.807) is 19.1 Å². The summed E-state index contributed by atoms with van der Waals surface area (Å²) in [7, 11) is 0. The smallest absolute Gasteiger partial charge is 0.306 e. The van der Waals surface area contributed by atoms with E-state index in [1.165, 1.54) is 6.07 Å². The van der Waals surface area contributed by atoms with Crippen LogP contribution in [0.2, 0.25) is 0 Å². The molecule has 27 heavy (non-hydrogen) atoms. The summed E-state index contributed by atoms with van der Waals surface area (Å²) >= 11 is 0. The van der Waals surface area contributed by atoms with Crippen molar-refractivity contribution >= 4 is 11.9 Å². The van der Waals surface area contributed by atoms with Crippen LogP contribution in [0.4, 0.5) is 4.39 Å². The summed E-state index contributed by atoms with van der Waals surface area (Å²) in [4.78, 5) is 23.4.